The molecule has 0 amide bonds. The second-order valence-electron chi connectivity index (χ2n) is 3.69. The zero-order valence-corrected chi connectivity index (χ0v) is 8.40. The van der Waals surface area contributed by atoms with Gasteiger partial charge in [0.2, 0.25) is 0 Å². The van der Waals surface area contributed by atoms with Gasteiger partial charge in [-0.05, 0) is 12.1 Å². The Hall–Kier alpha value is -1.13. The van der Waals surface area contributed by atoms with Crippen LogP contribution in [0.1, 0.15) is 0 Å². The number of aliphatic hydroxyl groups excluding tert-OH is 1. The molecule has 0 bridgehead atoms. The summed E-state index contributed by atoms with van der Waals surface area (Å²) in [5.41, 5.74) is 0. The Kier molecular flexibility index (Phi) is 3.18. The van der Waals surface area contributed by atoms with E-state index in [2.05, 4.69) is 4.90 Å². The predicted molar refractivity (Wildman–Crippen MR) is 54.3 cm³/mol. The average molecular weight is 211 g/mol. The molecular weight excluding hydrogens is 197 g/mol. The van der Waals surface area contributed by atoms with Gasteiger partial charge in [0.15, 0.2) is 11.6 Å². The summed E-state index contributed by atoms with van der Waals surface area (Å²) in [4.78, 5) is 2.06. The van der Waals surface area contributed by atoms with Crippen molar-refractivity contribution >= 4 is 0 Å². The van der Waals surface area contributed by atoms with Crippen molar-refractivity contribution < 1.29 is 14.2 Å². The van der Waals surface area contributed by atoms with Gasteiger partial charge in [0.05, 0.1) is 6.10 Å². The van der Waals surface area contributed by atoms with Gasteiger partial charge < -0.3 is 9.84 Å². The van der Waals surface area contributed by atoms with Crippen molar-refractivity contribution in [3.05, 3.63) is 30.1 Å². The van der Waals surface area contributed by atoms with Crippen LogP contribution in [-0.4, -0.2) is 42.4 Å². The minimum absolute atomic E-state index is 0.196. The summed E-state index contributed by atoms with van der Waals surface area (Å²) in [7, 11) is 0. The highest BCUT2D eigenvalue weighted by Crippen LogP contribution is 2.15. The largest absolute Gasteiger partial charge is 0.489 e. The second-order valence-corrected chi connectivity index (χ2v) is 3.69. The lowest BCUT2D eigenvalue weighted by atomic mass is 10.2. The third kappa shape index (κ3) is 2.67. The van der Waals surface area contributed by atoms with Crippen LogP contribution in [0.3, 0.4) is 0 Å². The van der Waals surface area contributed by atoms with Gasteiger partial charge in [-0.1, -0.05) is 12.1 Å². The fraction of sp³-hybridized carbons (Fsp3) is 0.455. The van der Waals surface area contributed by atoms with Crippen molar-refractivity contribution in [2.24, 2.45) is 0 Å². The first-order valence-corrected chi connectivity index (χ1v) is 5.03. The van der Waals surface area contributed by atoms with Gasteiger partial charge in [-0.3, -0.25) is 4.90 Å². The van der Waals surface area contributed by atoms with Gasteiger partial charge in [0.1, 0.15) is 6.61 Å². The standard InChI is InChI=1S/C11H14FNO2/c12-10-3-1-2-4-11(10)15-6-5-13-7-9(14)8-13/h1-4,9,14H,5-8H2. The Bertz CT molecular complexity index is 326. The molecule has 3 nitrogen and oxygen atoms in total. The maximum atomic E-state index is 13.1. The number of benzene rings is 1. The molecule has 0 atom stereocenters. The summed E-state index contributed by atoms with van der Waals surface area (Å²) in [6, 6.07) is 6.36. The van der Waals surface area contributed by atoms with E-state index in [-0.39, 0.29) is 11.9 Å². The highest BCUT2D eigenvalue weighted by molar-refractivity contribution is 5.23. The third-order valence-electron chi connectivity index (χ3n) is 2.44. The molecule has 1 heterocycles. The van der Waals surface area contributed by atoms with E-state index in [0.29, 0.717) is 25.4 Å². The van der Waals surface area contributed by atoms with Gasteiger partial charge in [-0.25, -0.2) is 4.39 Å². The van der Waals surface area contributed by atoms with Crippen molar-refractivity contribution in [3.8, 4) is 5.75 Å². The van der Waals surface area contributed by atoms with Crippen molar-refractivity contribution in [2.45, 2.75) is 6.10 Å². The van der Waals surface area contributed by atoms with E-state index in [1.807, 2.05) is 0 Å². The molecule has 0 radical (unpaired) electrons. The number of likely N-dealkylation sites (tertiary alicyclic amines) is 1. The zero-order chi connectivity index (χ0) is 10.7. The second kappa shape index (κ2) is 4.59. The zero-order valence-electron chi connectivity index (χ0n) is 8.40. The van der Waals surface area contributed by atoms with Crippen LogP contribution in [-0.2, 0) is 0 Å². The van der Waals surface area contributed by atoms with E-state index in [0.717, 1.165) is 6.54 Å². The molecule has 2 rings (SSSR count). The number of nitrogens with zero attached hydrogens (tertiary/aromatic N) is 1. The van der Waals surface area contributed by atoms with Crippen molar-refractivity contribution in [3.63, 3.8) is 0 Å². The first-order valence-electron chi connectivity index (χ1n) is 5.03. The topological polar surface area (TPSA) is 32.7 Å². The Morgan fingerprint density at radius 3 is 2.80 bits per heavy atom. The van der Waals surface area contributed by atoms with E-state index in [1.54, 1.807) is 18.2 Å². The van der Waals surface area contributed by atoms with Crippen LogP contribution in [0, 0.1) is 5.82 Å². The van der Waals surface area contributed by atoms with Crippen molar-refractivity contribution in [2.75, 3.05) is 26.2 Å². The molecule has 1 fully saturated rings. The molecule has 0 aromatic heterocycles. The fourth-order valence-electron chi connectivity index (χ4n) is 1.57. The smallest absolute Gasteiger partial charge is 0.165 e. The minimum Gasteiger partial charge on any atom is -0.489 e. The van der Waals surface area contributed by atoms with Gasteiger partial charge in [0.25, 0.3) is 0 Å². The number of hydrogen-bond donors (Lipinski definition) is 1. The number of para-hydroxylation sites is 1. The van der Waals surface area contributed by atoms with Crippen LogP contribution in [0.5, 0.6) is 5.75 Å². The van der Waals surface area contributed by atoms with Gasteiger partial charge in [0, 0.05) is 19.6 Å². The molecule has 1 saturated heterocycles. The minimum atomic E-state index is -0.332. The normalized spacial score (nSPS) is 17.5. The molecule has 1 aromatic rings. The van der Waals surface area contributed by atoms with E-state index in [1.165, 1.54) is 6.07 Å². The number of aliphatic hydroxyl groups is 1. The fourth-order valence-corrected chi connectivity index (χ4v) is 1.57. The van der Waals surface area contributed by atoms with Gasteiger partial charge >= 0.3 is 0 Å². The molecule has 0 saturated carbocycles. The quantitative estimate of drug-likeness (QED) is 0.802. The van der Waals surface area contributed by atoms with Gasteiger partial charge in [-0.2, -0.15) is 0 Å². The molecule has 1 aliphatic heterocycles. The maximum Gasteiger partial charge on any atom is 0.165 e. The van der Waals surface area contributed by atoms with Crippen LogP contribution in [0.15, 0.2) is 24.3 Å². The number of hydrogen-bond acceptors (Lipinski definition) is 3. The molecule has 1 N–H and O–H groups in total. The van der Waals surface area contributed by atoms with Crippen molar-refractivity contribution in [1.29, 1.82) is 0 Å². The van der Waals surface area contributed by atoms with E-state index < -0.39 is 0 Å². The van der Waals surface area contributed by atoms with Crippen molar-refractivity contribution in [1.82, 2.24) is 4.90 Å². The first kappa shape index (κ1) is 10.4. The number of halogens is 1. The lowest BCUT2D eigenvalue weighted by Gasteiger charge is -2.35. The summed E-state index contributed by atoms with van der Waals surface area (Å²) >= 11 is 0. The van der Waals surface area contributed by atoms with Crippen LogP contribution in [0.25, 0.3) is 0 Å². The molecule has 4 heteroatoms. The molecule has 0 unspecified atom stereocenters. The summed E-state index contributed by atoms with van der Waals surface area (Å²) in [6.45, 7) is 2.57. The highest BCUT2D eigenvalue weighted by Gasteiger charge is 2.23. The number of rotatable bonds is 4. The average Bonchev–Trinajstić information content (AvgIpc) is 2.18. The number of β-amino-alcohol motifs (C(OH)–C–C–N with tert-alkyl or cyclic N) is 1. The predicted octanol–water partition coefficient (Wildman–Crippen LogP) is 0.881. The summed E-state index contributed by atoms with van der Waals surface area (Å²) < 4.78 is 18.4. The van der Waals surface area contributed by atoms with E-state index in [4.69, 9.17) is 9.84 Å². The van der Waals surface area contributed by atoms with Crippen LogP contribution in [0.2, 0.25) is 0 Å². The lowest BCUT2D eigenvalue weighted by molar-refractivity contribution is -0.00408. The highest BCUT2D eigenvalue weighted by atomic mass is 19.1. The van der Waals surface area contributed by atoms with Gasteiger partial charge in [-0.15, -0.1) is 0 Å². The third-order valence-corrected chi connectivity index (χ3v) is 2.44. The SMILES string of the molecule is OC1CN(CCOc2ccccc2F)C1. The molecule has 1 aliphatic rings. The monoisotopic (exact) mass is 211 g/mol. The summed E-state index contributed by atoms with van der Waals surface area (Å²) in [5, 5.41) is 9.04. The number of ether oxygens (including phenoxy) is 1. The maximum absolute atomic E-state index is 13.1. The molecule has 1 aromatic carbocycles. The van der Waals surface area contributed by atoms with Crippen LogP contribution in [0.4, 0.5) is 4.39 Å². The Labute approximate surface area is 88.1 Å². The molecule has 82 valence electrons. The summed E-state index contributed by atoms with van der Waals surface area (Å²) in [5.74, 6) is -0.0419. The van der Waals surface area contributed by atoms with E-state index in [9.17, 15) is 4.39 Å². The van der Waals surface area contributed by atoms with Crippen LogP contribution >= 0.6 is 0 Å². The molecule has 0 aliphatic carbocycles. The Balaban J connectivity index is 1.72. The first-order chi connectivity index (χ1) is 7.25. The Morgan fingerprint density at radius 1 is 1.40 bits per heavy atom. The van der Waals surface area contributed by atoms with Crippen LogP contribution < -0.4 is 4.74 Å². The lowest BCUT2D eigenvalue weighted by Crippen LogP contribution is -2.51. The molecular formula is C11H14FNO2. The van der Waals surface area contributed by atoms with E-state index >= 15 is 0 Å². The summed E-state index contributed by atoms with van der Waals surface area (Å²) in [6.07, 6.45) is -0.196. The Morgan fingerprint density at radius 2 is 2.13 bits per heavy atom. The molecule has 15 heavy (non-hydrogen) atoms. The molecule has 0 spiro atoms.